The van der Waals surface area contributed by atoms with Crippen LogP contribution in [0.25, 0.3) is 6.08 Å². The first-order chi connectivity index (χ1) is 11.1. The third-order valence-corrected chi connectivity index (χ3v) is 5.24. The second-order valence-corrected chi connectivity index (χ2v) is 7.27. The van der Waals surface area contributed by atoms with E-state index in [-0.39, 0.29) is 5.91 Å². The van der Waals surface area contributed by atoms with Gasteiger partial charge in [-0.2, -0.15) is 0 Å². The van der Waals surface area contributed by atoms with E-state index in [0.717, 1.165) is 15.8 Å². The number of thioether (sulfide) groups is 1. The molecule has 1 fully saturated rings. The Labute approximate surface area is 151 Å². The third kappa shape index (κ3) is 3.52. The molecule has 2 heterocycles. The molecule has 23 heavy (non-hydrogen) atoms. The van der Waals surface area contributed by atoms with Crippen molar-refractivity contribution in [2.45, 2.75) is 6.54 Å². The van der Waals surface area contributed by atoms with Gasteiger partial charge >= 0.3 is 0 Å². The number of hydrogen-bond donors (Lipinski definition) is 0. The number of halogens is 1. The molecule has 7 heteroatoms. The molecule has 0 atom stereocenters. The normalized spacial score (nSPS) is 16.4. The number of furan rings is 1. The van der Waals surface area contributed by atoms with Gasteiger partial charge in [0.1, 0.15) is 15.8 Å². The maximum Gasteiger partial charge on any atom is 0.266 e. The predicted octanol–water partition coefficient (Wildman–Crippen LogP) is 4.45. The van der Waals surface area contributed by atoms with Gasteiger partial charge in [-0.1, -0.05) is 30.0 Å². The van der Waals surface area contributed by atoms with Crippen molar-refractivity contribution in [3.05, 3.63) is 57.3 Å². The molecule has 1 saturated heterocycles. The van der Waals surface area contributed by atoms with Crippen LogP contribution in [0, 0.1) is 0 Å². The van der Waals surface area contributed by atoms with Crippen LogP contribution in [0.4, 0.5) is 0 Å². The van der Waals surface area contributed by atoms with Gasteiger partial charge in [0.05, 0.1) is 29.3 Å². The molecule has 0 saturated carbocycles. The number of hydrogen-bond acceptors (Lipinski definition) is 5. The molecule has 0 unspecified atom stereocenters. The van der Waals surface area contributed by atoms with E-state index in [1.165, 1.54) is 11.8 Å². The van der Waals surface area contributed by atoms with Crippen LogP contribution in [0.1, 0.15) is 11.3 Å². The minimum absolute atomic E-state index is 0.108. The predicted molar refractivity (Wildman–Crippen MR) is 98.1 cm³/mol. The Morgan fingerprint density at radius 1 is 1.43 bits per heavy atom. The summed E-state index contributed by atoms with van der Waals surface area (Å²) in [5.41, 5.74) is 0.899. The van der Waals surface area contributed by atoms with Crippen LogP contribution in [-0.4, -0.2) is 22.2 Å². The Balaban J connectivity index is 1.82. The zero-order chi connectivity index (χ0) is 16.4. The molecule has 4 nitrogen and oxygen atoms in total. The molecule has 1 aliphatic heterocycles. The van der Waals surface area contributed by atoms with Crippen molar-refractivity contribution in [1.29, 1.82) is 0 Å². The van der Waals surface area contributed by atoms with Gasteiger partial charge < -0.3 is 9.15 Å². The summed E-state index contributed by atoms with van der Waals surface area (Å²) in [5, 5.41) is 0. The molecule has 1 aliphatic rings. The molecule has 3 rings (SSSR count). The third-order valence-electron chi connectivity index (χ3n) is 3.24. The minimum Gasteiger partial charge on any atom is -0.496 e. The van der Waals surface area contributed by atoms with Crippen molar-refractivity contribution in [1.82, 2.24) is 4.90 Å². The summed E-state index contributed by atoms with van der Waals surface area (Å²) in [6.45, 7) is 0.349. The van der Waals surface area contributed by atoms with Crippen LogP contribution in [0.5, 0.6) is 5.75 Å². The Bertz CT molecular complexity index is 787. The molecule has 0 aliphatic carbocycles. The summed E-state index contributed by atoms with van der Waals surface area (Å²) in [5.74, 6) is 1.34. The quantitative estimate of drug-likeness (QED) is 0.550. The number of thiocarbonyl (C=S) groups is 1. The first-order valence-electron chi connectivity index (χ1n) is 6.70. The summed E-state index contributed by atoms with van der Waals surface area (Å²) >= 11 is 10.0. The zero-order valence-corrected chi connectivity index (χ0v) is 15.3. The van der Waals surface area contributed by atoms with Gasteiger partial charge in [-0.25, -0.2) is 0 Å². The van der Waals surface area contributed by atoms with Crippen molar-refractivity contribution >= 4 is 56.2 Å². The molecule has 0 spiro atoms. The van der Waals surface area contributed by atoms with E-state index in [1.807, 2.05) is 30.3 Å². The van der Waals surface area contributed by atoms with E-state index < -0.39 is 0 Å². The number of methoxy groups -OCH3 is 1. The molecule has 1 aromatic carbocycles. The molecule has 0 bridgehead atoms. The van der Waals surface area contributed by atoms with Crippen molar-refractivity contribution < 1.29 is 13.9 Å². The van der Waals surface area contributed by atoms with Gasteiger partial charge in [0.2, 0.25) is 0 Å². The van der Waals surface area contributed by atoms with Crippen molar-refractivity contribution in [2.24, 2.45) is 0 Å². The molecule has 1 aromatic heterocycles. The van der Waals surface area contributed by atoms with Gasteiger partial charge in [0, 0.05) is 0 Å². The summed E-state index contributed by atoms with van der Waals surface area (Å²) in [6, 6.07) is 9.25. The van der Waals surface area contributed by atoms with Crippen LogP contribution in [0.3, 0.4) is 0 Å². The standard InChI is InChI=1S/C16H12BrNO3S2/c1-20-13-5-4-10(7-12(13)17)8-14-15(19)18(16(22)23-14)9-11-3-2-6-21-11/h2-8H,9H2,1H3/b14-8+. The largest absolute Gasteiger partial charge is 0.496 e. The van der Waals surface area contributed by atoms with E-state index in [9.17, 15) is 4.79 Å². The fourth-order valence-electron chi connectivity index (χ4n) is 2.12. The fourth-order valence-corrected chi connectivity index (χ4v) is 3.93. The number of ether oxygens (including phenoxy) is 1. The van der Waals surface area contributed by atoms with E-state index in [4.69, 9.17) is 21.4 Å². The average molecular weight is 410 g/mol. The summed E-state index contributed by atoms with van der Waals surface area (Å²) in [4.78, 5) is 14.7. The van der Waals surface area contributed by atoms with Gasteiger partial charge in [0.25, 0.3) is 5.91 Å². The first kappa shape index (κ1) is 16.3. The zero-order valence-electron chi connectivity index (χ0n) is 12.1. The summed E-state index contributed by atoms with van der Waals surface area (Å²) in [6.07, 6.45) is 3.41. The number of carbonyl (C=O) groups excluding carboxylic acids is 1. The van der Waals surface area contributed by atoms with Gasteiger partial charge in [-0.15, -0.1) is 0 Å². The monoisotopic (exact) mass is 409 g/mol. The van der Waals surface area contributed by atoms with Crippen molar-refractivity contribution in [3.8, 4) is 5.75 Å². The van der Waals surface area contributed by atoms with Crippen LogP contribution >= 0.6 is 39.9 Å². The van der Waals surface area contributed by atoms with Crippen LogP contribution in [-0.2, 0) is 11.3 Å². The highest BCUT2D eigenvalue weighted by Gasteiger charge is 2.32. The maximum atomic E-state index is 12.5. The van der Waals surface area contributed by atoms with Crippen LogP contribution < -0.4 is 4.74 Å². The number of amides is 1. The SMILES string of the molecule is COc1ccc(/C=C2/SC(=S)N(Cc3ccco3)C2=O)cc1Br. The average Bonchev–Trinajstić information content (AvgIpc) is 3.12. The molecule has 0 N–H and O–H groups in total. The van der Waals surface area contributed by atoms with E-state index in [0.29, 0.717) is 21.5 Å². The molecular weight excluding hydrogens is 398 g/mol. The first-order valence-corrected chi connectivity index (χ1v) is 8.71. The highest BCUT2D eigenvalue weighted by molar-refractivity contribution is 9.10. The smallest absolute Gasteiger partial charge is 0.266 e. The molecule has 1 amide bonds. The molecule has 2 aromatic rings. The van der Waals surface area contributed by atoms with Crippen LogP contribution in [0.2, 0.25) is 0 Å². The van der Waals surface area contributed by atoms with Crippen molar-refractivity contribution in [2.75, 3.05) is 7.11 Å². The Hall–Kier alpha value is -1.57. The van der Waals surface area contributed by atoms with Gasteiger partial charge in [-0.05, 0) is 51.8 Å². The summed E-state index contributed by atoms with van der Waals surface area (Å²) < 4.78 is 11.9. The minimum atomic E-state index is -0.108. The van der Waals surface area contributed by atoms with E-state index in [1.54, 1.807) is 24.3 Å². The number of nitrogens with zero attached hydrogens (tertiary/aromatic N) is 1. The molecule has 0 radical (unpaired) electrons. The maximum absolute atomic E-state index is 12.5. The second-order valence-electron chi connectivity index (χ2n) is 4.74. The number of rotatable bonds is 4. The molecular formula is C16H12BrNO3S2. The summed E-state index contributed by atoms with van der Waals surface area (Å²) in [7, 11) is 1.61. The highest BCUT2D eigenvalue weighted by atomic mass is 79.9. The number of benzene rings is 1. The topological polar surface area (TPSA) is 42.7 Å². The van der Waals surface area contributed by atoms with E-state index in [2.05, 4.69) is 15.9 Å². The van der Waals surface area contributed by atoms with Gasteiger partial charge in [-0.3, -0.25) is 9.69 Å². The molecule has 118 valence electrons. The second kappa shape index (κ2) is 6.90. The fraction of sp³-hybridized carbons (Fsp3) is 0.125. The Kier molecular flexibility index (Phi) is 4.89. The highest BCUT2D eigenvalue weighted by Crippen LogP contribution is 2.34. The lowest BCUT2D eigenvalue weighted by Gasteiger charge is -2.12. The Morgan fingerprint density at radius 2 is 2.26 bits per heavy atom. The lowest BCUT2D eigenvalue weighted by molar-refractivity contribution is -0.122. The lowest BCUT2D eigenvalue weighted by Crippen LogP contribution is -2.27. The van der Waals surface area contributed by atoms with Crippen molar-refractivity contribution in [3.63, 3.8) is 0 Å². The van der Waals surface area contributed by atoms with E-state index >= 15 is 0 Å². The Morgan fingerprint density at radius 3 is 2.91 bits per heavy atom. The lowest BCUT2D eigenvalue weighted by atomic mass is 10.2. The van der Waals surface area contributed by atoms with Gasteiger partial charge in [0.15, 0.2) is 0 Å². The van der Waals surface area contributed by atoms with Crippen LogP contribution in [0.15, 0.2) is 50.4 Å². The number of carbonyl (C=O) groups is 1.